The Morgan fingerprint density at radius 2 is 2.07 bits per heavy atom. The second kappa shape index (κ2) is 4.43. The molecule has 0 radical (unpaired) electrons. The topological polar surface area (TPSA) is 53.0 Å². The van der Waals surface area contributed by atoms with Gasteiger partial charge in [0.15, 0.2) is 0 Å². The lowest BCUT2D eigenvalue weighted by Gasteiger charge is -2.37. The van der Waals surface area contributed by atoms with Crippen LogP contribution in [0, 0.1) is 11.3 Å². The van der Waals surface area contributed by atoms with Gasteiger partial charge >= 0.3 is 0 Å². The minimum absolute atomic E-state index is 0.0290. The van der Waals surface area contributed by atoms with Crippen molar-refractivity contribution in [2.24, 2.45) is 5.73 Å². The molecule has 1 atom stereocenters. The molecule has 0 aromatic heterocycles. The van der Waals surface area contributed by atoms with Crippen molar-refractivity contribution in [2.75, 3.05) is 19.6 Å². The van der Waals surface area contributed by atoms with E-state index in [1.54, 1.807) is 0 Å². The molecule has 1 aromatic rings. The summed E-state index contributed by atoms with van der Waals surface area (Å²) in [6.45, 7) is 2.64. The van der Waals surface area contributed by atoms with Gasteiger partial charge in [-0.25, -0.2) is 0 Å². The molecular formula is C12H15N3. The van der Waals surface area contributed by atoms with Gasteiger partial charge in [-0.15, -0.1) is 0 Å². The van der Waals surface area contributed by atoms with Crippen LogP contribution in [0.5, 0.6) is 0 Å². The van der Waals surface area contributed by atoms with E-state index in [2.05, 4.69) is 11.0 Å². The van der Waals surface area contributed by atoms with Gasteiger partial charge in [-0.05, 0) is 5.56 Å². The fourth-order valence-corrected chi connectivity index (χ4v) is 1.92. The molecule has 0 spiro atoms. The van der Waals surface area contributed by atoms with E-state index in [1.807, 2.05) is 30.3 Å². The average Bonchev–Trinajstić information content (AvgIpc) is 2.24. The van der Waals surface area contributed by atoms with Crippen LogP contribution in [0.1, 0.15) is 11.5 Å². The Balaban J connectivity index is 1.97. The smallest absolute Gasteiger partial charge is 0.0839 e. The molecule has 0 amide bonds. The first kappa shape index (κ1) is 10.2. The van der Waals surface area contributed by atoms with Crippen molar-refractivity contribution < 1.29 is 0 Å². The molecule has 1 aliphatic rings. The Bertz CT molecular complexity index is 349. The van der Waals surface area contributed by atoms with Gasteiger partial charge in [0.25, 0.3) is 0 Å². The largest absolute Gasteiger partial charge is 0.325 e. The van der Waals surface area contributed by atoms with Gasteiger partial charge in [0.1, 0.15) is 0 Å². The van der Waals surface area contributed by atoms with E-state index in [1.165, 1.54) is 0 Å². The standard InChI is InChI=1S/C12H15N3/c13-6-11(7-15-8-12(14)9-15)10-4-2-1-3-5-10/h1-5,11-12H,7-9,14H2. The number of nitriles is 1. The third-order valence-electron chi connectivity index (χ3n) is 2.78. The molecule has 1 unspecified atom stereocenters. The van der Waals surface area contributed by atoms with Crippen LogP contribution < -0.4 is 5.73 Å². The number of hydrogen-bond acceptors (Lipinski definition) is 3. The Morgan fingerprint density at radius 1 is 1.40 bits per heavy atom. The zero-order valence-corrected chi connectivity index (χ0v) is 8.63. The van der Waals surface area contributed by atoms with Crippen LogP contribution in [0.3, 0.4) is 0 Å². The average molecular weight is 201 g/mol. The second-order valence-electron chi connectivity index (χ2n) is 4.07. The molecule has 15 heavy (non-hydrogen) atoms. The van der Waals surface area contributed by atoms with Gasteiger partial charge in [0.2, 0.25) is 0 Å². The summed E-state index contributed by atoms with van der Waals surface area (Å²) < 4.78 is 0. The zero-order chi connectivity index (χ0) is 10.7. The molecule has 1 aliphatic heterocycles. The number of nitrogens with two attached hydrogens (primary N) is 1. The Labute approximate surface area is 90.1 Å². The highest BCUT2D eigenvalue weighted by Gasteiger charge is 2.25. The van der Waals surface area contributed by atoms with Crippen molar-refractivity contribution in [3.8, 4) is 6.07 Å². The van der Waals surface area contributed by atoms with Gasteiger partial charge in [-0.1, -0.05) is 30.3 Å². The second-order valence-corrected chi connectivity index (χ2v) is 4.07. The van der Waals surface area contributed by atoms with E-state index in [9.17, 15) is 0 Å². The molecule has 2 N–H and O–H groups in total. The quantitative estimate of drug-likeness (QED) is 0.791. The Hall–Kier alpha value is -1.37. The maximum absolute atomic E-state index is 9.11. The first-order chi connectivity index (χ1) is 7.29. The van der Waals surface area contributed by atoms with Crippen molar-refractivity contribution in [1.82, 2.24) is 4.90 Å². The molecule has 1 fully saturated rings. The third kappa shape index (κ3) is 2.35. The van der Waals surface area contributed by atoms with Crippen molar-refractivity contribution >= 4 is 0 Å². The number of hydrogen-bond donors (Lipinski definition) is 1. The maximum Gasteiger partial charge on any atom is 0.0839 e. The molecule has 1 aromatic carbocycles. The van der Waals surface area contributed by atoms with Crippen LogP contribution in [0.2, 0.25) is 0 Å². The van der Waals surface area contributed by atoms with Crippen LogP contribution in [0.4, 0.5) is 0 Å². The third-order valence-corrected chi connectivity index (χ3v) is 2.78. The van der Waals surface area contributed by atoms with Crippen LogP contribution in [0.25, 0.3) is 0 Å². The highest BCUT2D eigenvalue weighted by Crippen LogP contribution is 2.18. The van der Waals surface area contributed by atoms with Crippen molar-refractivity contribution in [3.63, 3.8) is 0 Å². The monoisotopic (exact) mass is 201 g/mol. The summed E-state index contributed by atoms with van der Waals surface area (Å²) in [6.07, 6.45) is 0. The highest BCUT2D eigenvalue weighted by molar-refractivity contribution is 5.25. The summed E-state index contributed by atoms with van der Waals surface area (Å²) in [4.78, 5) is 2.23. The molecule has 0 aliphatic carbocycles. The predicted octanol–water partition coefficient (Wildman–Crippen LogP) is 0.937. The molecular weight excluding hydrogens is 186 g/mol. The van der Waals surface area contributed by atoms with Gasteiger partial charge in [-0.3, -0.25) is 4.90 Å². The molecule has 3 heteroatoms. The number of nitrogens with zero attached hydrogens (tertiary/aromatic N) is 2. The molecule has 1 heterocycles. The molecule has 1 saturated heterocycles. The summed E-state index contributed by atoms with van der Waals surface area (Å²) in [5.74, 6) is -0.0290. The number of rotatable bonds is 3. The fourth-order valence-electron chi connectivity index (χ4n) is 1.92. The van der Waals surface area contributed by atoms with Crippen LogP contribution in [0.15, 0.2) is 30.3 Å². The van der Waals surface area contributed by atoms with Gasteiger partial charge in [0, 0.05) is 25.7 Å². The first-order valence-corrected chi connectivity index (χ1v) is 5.22. The van der Waals surface area contributed by atoms with E-state index in [0.29, 0.717) is 6.04 Å². The predicted molar refractivity (Wildman–Crippen MR) is 59.2 cm³/mol. The molecule has 3 nitrogen and oxygen atoms in total. The summed E-state index contributed by atoms with van der Waals surface area (Å²) >= 11 is 0. The number of benzene rings is 1. The van der Waals surface area contributed by atoms with Crippen molar-refractivity contribution in [1.29, 1.82) is 5.26 Å². The Kier molecular flexibility index (Phi) is 3.00. The molecule has 2 rings (SSSR count). The first-order valence-electron chi connectivity index (χ1n) is 5.22. The molecule has 0 saturated carbocycles. The zero-order valence-electron chi connectivity index (χ0n) is 8.63. The maximum atomic E-state index is 9.11. The van der Waals surface area contributed by atoms with Crippen molar-refractivity contribution in [2.45, 2.75) is 12.0 Å². The van der Waals surface area contributed by atoms with E-state index in [4.69, 9.17) is 11.0 Å². The minimum atomic E-state index is -0.0290. The normalized spacial score (nSPS) is 19.2. The van der Waals surface area contributed by atoms with Crippen molar-refractivity contribution in [3.05, 3.63) is 35.9 Å². The molecule has 78 valence electrons. The van der Waals surface area contributed by atoms with E-state index in [0.717, 1.165) is 25.2 Å². The SMILES string of the molecule is N#CC(CN1CC(N)C1)c1ccccc1. The van der Waals surface area contributed by atoms with Crippen LogP contribution in [-0.2, 0) is 0 Å². The van der Waals surface area contributed by atoms with E-state index in [-0.39, 0.29) is 5.92 Å². The summed E-state index contributed by atoms with van der Waals surface area (Å²) in [5, 5.41) is 9.11. The lowest BCUT2D eigenvalue weighted by atomic mass is 9.98. The van der Waals surface area contributed by atoms with Gasteiger partial charge < -0.3 is 5.73 Å². The molecule has 0 bridgehead atoms. The fraction of sp³-hybridized carbons (Fsp3) is 0.417. The Morgan fingerprint density at radius 3 is 2.60 bits per heavy atom. The van der Waals surface area contributed by atoms with Crippen LogP contribution >= 0.6 is 0 Å². The summed E-state index contributed by atoms with van der Waals surface area (Å²) in [5.41, 5.74) is 6.80. The van der Waals surface area contributed by atoms with Gasteiger partial charge in [0.05, 0.1) is 12.0 Å². The van der Waals surface area contributed by atoms with E-state index < -0.39 is 0 Å². The van der Waals surface area contributed by atoms with Crippen LogP contribution in [-0.4, -0.2) is 30.6 Å². The lowest BCUT2D eigenvalue weighted by molar-refractivity contribution is 0.148. The number of likely N-dealkylation sites (tertiary alicyclic amines) is 1. The summed E-state index contributed by atoms with van der Waals surface area (Å²) in [6, 6.07) is 12.6. The lowest BCUT2D eigenvalue weighted by Crippen LogP contribution is -2.56. The van der Waals surface area contributed by atoms with E-state index >= 15 is 0 Å². The highest BCUT2D eigenvalue weighted by atomic mass is 15.2. The minimum Gasteiger partial charge on any atom is -0.325 e. The summed E-state index contributed by atoms with van der Waals surface area (Å²) in [7, 11) is 0. The van der Waals surface area contributed by atoms with Gasteiger partial charge in [-0.2, -0.15) is 5.26 Å².